The topological polar surface area (TPSA) is 63.6 Å². The lowest BCUT2D eigenvalue weighted by Crippen LogP contribution is -2.05. The number of unbranched alkanes of at least 4 members (excludes halogenated alkanes) is 28. The van der Waals surface area contributed by atoms with E-state index in [1.165, 1.54) is 167 Å². The van der Waals surface area contributed by atoms with E-state index in [1.54, 1.807) is 0 Å². The van der Waals surface area contributed by atoms with Crippen molar-refractivity contribution in [2.45, 2.75) is 212 Å². The van der Waals surface area contributed by atoms with Gasteiger partial charge in [-0.05, 0) is 19.3 Å². The Kier molecular flexibility index (Phi) is 33.2. The fourth-order valence-electron chi connectivity index (χ4n) is 5.58. The molecule has 0 aliphatic heterocycles. The highest BCUT2D eigenvalue weighted by Crippen LogP contribution is 2.15. The lowest BCUT2D eigenvalue weighted by molar-refractivity contribution is -0.144. The van der Waals surface area contributed by atoms with Crippen molar-refractivity contribution < 1.29 is 19.4 Å². The highest BCUT2D eigenvalue weighted by molar-refractivity contribution is 5.69. The Morgan fingerprint density at radius 2 is 0.675 bits per heavy atom. The second kappa shape index (κ2) is 34.1. The Morgan fingerprint density at radius 1 is 0.400 bits per heavy atom. The van der Waals surface area contributed by atoms with Crippen LogP contribution in [0.15, 0.2) is 0 Å². The van der Waals surface area contributed by atoms with Gasteiger partial charge in [0, 0.05) is 12.8 Å². The van der Waals surface area contributed by atoms with E-state index >= 15 is 0 Å². The van der Waals surface area contributed by atoms with E-state index in [-0.39, 0.29) is 5.97 Å². The van der Waals surface area contributed by atoms with Crippen molar-refractivity contribution in [3.8, 4) is 0 Å². The molecule has 0 fully saturated rings. The van der Waals surface area contributed by atoms with E-state index in [2.05, 4.69) is 6.92 Å². The van der Waals surface area contributed by atoms with Crippen LogP contribution in [0.5, 0.6) is 0 Å². The van der Waals surface area contributed by atoms with Crippen molar-refractivity contribution in [1.82, 2.24) is 0 Å². The maximum absolute atomic E-state index is 11.9. The fraction of sp³-hybridized carbons (Fsp3) is 0.944. The molecule has 0 bridgehead atoms. The minimum absolute atomic E-state index is 0.00730. The molecule has 0 heterocycles. The van der Waals surface area contributed by atoms with Crippen molar-refractivity contribution >= 4 is 11.9 Å². The number of hydrogen-bond donors (Lipinski definition) is 1. The zero-order chi connectivity index (χ0) is 29.2. The highest BCUT2D eigenvalue weighted by Gasteiger charge is 2.03. The molecule has 0 radical (unpaired) electrons. The molecule has 0 aliphatic rings. The van der Waals surface area contributed by atoms with Crippen LogP contribution in [0.25, 0.3) is 0 Å². The van der Waals surface area contributed by atoms with Crippen molar-refractivity contribution in [2.24, 2.45) is 0 Å². The second-order valence-corrected chi connectivity index (χ2v) is 12.4. The summed E-state index contributed by atoms with van der Waals surface area (Å²) in [5.41, 5.74) is 0. The number of carboxylic acids is 1. The number of ether oxygens (including phenoxy) is 1. The van der Waals surface area contributed by atoms with E-state index < -0.39 is 5.97 Å². The minimum atomic E-state index is -0.665. The monoisotopic (exact) mass is 567 g/mol. The molecule has 0 rings (SSSR count). The molecular formula is C36H70O4. The third-order valence-electron chi connectivity index (χ3n) is 8.28. The maximum Gasteiger partial charge on any atom is 0.305 e. The van der Waals surface area contributed by atoms with E-state index in [4.69, 9.17) is 9.84 Å². The van der Waals surface area contributed by atoms with Crippen molar-refractivity contribution in [3.05, 3.63) is 0 Å². The van der Waals surface area contributed by atoms with Crippen LogP contribution >= 0.6 is 0 Å². The Hall–Kier alpha value is -1.06. The molecule has 0 unspecified atom stereocenters. The Morgan fingerprint density at radius 3 is 1.00 bits per heavy atom. The molecule has 0 saturated heterocycles. The van der Waals surface area contributed by atoms with Gasteiger partial charge < -0.3 is 9.84 Å². The Labute approximate surface area is 250 Å². The number of aliphatic carboxylic acids is 1. The predicted molar refractivity (Wildman–Crippen MR) is 172 cm³/mol. The average Bonchev–Trinajstić information content (AvgIpc) is 2.94. The molecule has 0 aliphatic carbocycles. The second-order valence-electron chi connectivity index (χ2n) is 12.4. The van der Waals surface area contributed by atoms with Gasteiger partial charge in [0.25, 0.3) is 0 Å². The summed E-state index contributed by atoms with van der Waals surface area (Å²) in [7, 11) is 0. The standard InChI is InChI=1S/C36H70O4/c1-2-3-4-5-6-7-8-9-11-15-18-21-24-27-30-33-36(39)40-34-31-28-25-22-19-16-13-10-12-14-17-20-23-26-29-32-35(37)38/h2-34H2,1H3,(H,37,38). The van der Waals surface area contributed by atoms with E-state index in [1.807, 2.05) is 0 Å². The summed E-state index contributed by atoms with van der Waals surface area (Å²) < 4.78 is 5.43. The van der Waals surface area contributed by atoms with Crippen LogP contribution < -0.4 is 0 Å². The van der Waals surface area contributed by atoms with Gasteiger partial charge in [0.15, 0.2) is 0 Å². The lowest BCUT2D eigenvalue weighted by Gasteiger charge is -2.06. The van der Waals surface area contributed by atoms with Crippen LogP contribution in [0, 0.1) is 0 Å². The number of esters is 1. The molecule has 40 heavy (non-hydrogen) atoms. The number of carbonyl (C=O) groups is 2. The fourth-order valence-corrected chi connectivity index (χ4v) is 5.58. The molecule has 0 spiro atoms. The first-order valence-electron chi connectivity index (χ1n) is 18.0. The third kappa shape index (κ3) is 35.0. The minimum Gasteiger partial charge on any atom is -0.481 e. The zero-order valence-corrected chi connectivity index (χ0v) is 27.0. The summed E-state index contributed by atoms with van der Waals surface area (Å²) >= 11 is 0. The number of carboxylic acid groups (broad SMARTS) is 1. The van der Waals surface area contributed by atoms with Gasteiger partial charge in [-0.15, -0.1) is 0 Å². The lowest BCUT2D eigenvalue weighted by atomic mass is 10.0. The van der Waals surface area contributed by atoms with Crippen LogP contribution in [-0.4, -0.2) is 23.7 Å². The molecule has 0 aromatic carbocycles. The zero-order valence-electron chi connectivity index (χ0n) is 27.0. The number of carbonyl (C=O) groups excluding carboxylic acids is 1. The molecule has 0 aromatic heterocycles. The van der Waals surface area contributed by atoms with Crippen LogP contribution in [0.2, 0.25) is 0 Å². The molecule has 0 atom stereocenters. The Balaban J connectivity index is 3.15. The van der Waals surface area contributed by atoms with Gasteiger partial charge in [0.1, 0.15) is 0 Å². The molecule has 0 aromatic rings. The SMILES string of the molecule is CCCCCCCCCCCCCCCCCC(=O)OCCCCCCCCCCCCCCCCCC(=O)O. The van der Waals surface area contributed by atoms with Gasteiger partial charge in [-0.1, -0.05) is 180 Å². The van der Waals surface area contributed by atoms with E-state index in [0.29, 0.717) is 19.4 Å². The first-order valence-corrected chi connectivity index (χ1v) is 18.0. The molecular weight excluding hydrogens is 496 g/mol. The molecule has 0 saturated carbocycles. The van der Waals surface area contributed by atoms with Gasteiger partial charge in [0.2, 0.25) is 0 Å². The summed E-state index contributed by atoms with van der Waals surface area (Å²) in [6.45, 7) is 2.89. The van der Waals surface area contributed by atoms with Gasteiger partial charge in [-0.25, -0.2) is 0 Å². The van der Waals surface area contributed by atoms with Gasteiger partial charge in [-0.2, -0.15) is 0 Å². The highest BCUT2D eigenvalue weighted by atomic mass is 16.5. The molecule has 4 nitrogen and oxygen atoms in total. The number of hydrogen-bond acceptors (Lipinski definition) is 3. The smallest absolute Gasteiger partial charge is 0.305 e. The first kappa shape index (κ1) is 38.9. The summed E-state index contributed by atoms with van der Waals surface area (Å²) in [4.78, 5) is 22.4. The van der Waals surface area contributed by atoms with Crippen LogP contribution in [0.1, 0.15) is 212 Å². The third-order valence-corrected chi connectivity index (χ3v) is 8.28. The van der Waals surface area contributed by atoms with Crippen molar-refractivity contribution in [1.29, 1.82) is 0 Å². The van der Waals surface area contributed by atoms with Gasteiger partial charge in [0.05, 0.1) is 6.61 Å². The maximum atomic E-state index is 11.9. The summed E-state index contributed by atoms with van der Waals surface area (Å²) in [6, 6.07) is 0. The largest absolute Gasteiger partial charge is 0.481 e. The Bertz CT molecular complexity index is 519. The first-order chi connectivity index (χ1) is 19.7. The molecule has 0 amide bonds. The van der Waals surface area contributed by atoms with Crippen LogP contribution in [0.4, 0.5) is 0 Å². The average molecular weight is 567 g/mol. The van der Waals surface area contributed by atoms with Crippen molar-refractivity contribution in [3.63, 3.8) is 0 Å². The van der Waals surface area contributed by atoms with Gasteiger partial charge >= 0.3 is 11.9 Å². The molecule has 1 N–H and O–H groups in total. The van der Waals surface area contributed by atoms with E-state index in [0.717, 1.165) is 25.7 Å². The molecule has 238 valence electrons. The van der Waals surface area contributed by atoms with Crippen LogP contribution in [-0.2, 0) is 14.3 Å². The summed E-state index contributed by atoms with van der Waals surface area (Å²) in [5, 5.41) is 8.62. The van der Waals surface area contributed by atoms with E-state index in [9.17, 15) is 9.59 Å². The normalized spacial score (nSPS) is 11.2. The summed E-state index contributed by atoms with van der Waals surface area (Å²) in [5.74, 6) is -0.658. The number of rotatable bonds is 34. The van der Waals surface area contributed by atoms with Crippen LogP contribution in [0.3, 0.4) is 0 Å². The predicted octanol–water partition coefficient (Wildman–Crippen LogP) is 12.1. The molecule has 4 heteroatoms. The van der Waals surface area contributed by atoms with Gasteiger partial charge in [-0.3, -0.25) is 9.59 Å². The van der Waals surface area contributed by atoms with Crippen molar-refractivity contribution in [2.75, 3.05) is 6.61 Å². The quantitative estimate of drug-likeness (QED) is 0.0621. The summed E-state index contributed by atoms with van der Waals surface area (Å²) in [6.07, 6.45) is 39.7.